The van der Waals surface area contributed by atoms with Gasteiger partial charge in [-0.15, -0.1) is 0 Å². The van der Waals surface area contributed by atoms with Crippen LogP contribution in [0.5, 0.6) is 0 Å². The second kappa shape index (κ2) is 8.13. The summed E-state index contributed by atoms with van der Waals surface area (Å²) in [4.78, 5) is 19.0. The molecule has 0 aromatic heterocycles. The Kier molecular flexibility index (Phi) is 14.5. The molecule has 0 aromatic rings. The third kappa shape index (κ3) is 17.9. The maximum absolute atomic E-state index is 9.65. The first-order valence-electron chi connectivity index (χ1n) is 1.54. The minimum absolute atomic E-state index is 0. The molecule has 0 saturated heterocycles. The van der Waals surface area contributed by atoms with Gasteiger partial charge in [0.1, 0.15) is 0 Å². The number of carbonyl (C=O) groups excluding carboxylic acids is 1. The summed E-state index contributed by atoms with van der Waals surface area (Å²) < 4.78 is 3.53. The van der Waals surface area contributed by atoms with Crippen molar-refractivity contribution in [1.82, 2.24) is 0 Å². The van der Waals surface area contributed by atoms with Crippen molar-refractivity contribution < 1.29 is 19.4 Å². The van der Waals surface area contributed by atoms with E-state index in [1.54, 1.807) is 0 Å². The standard InChI is InChI=1S/C3H4O4.2Li.2H/c1-2(4)7-3(5)6;;;;/h1H3,(H,5,6);;;;. The van der Waals surface area contributed by atoms with Crippen LogP contribution in [0.4, 0.5) is 4.79 Å². The number of rotatable bonds is 0. The SMILES string of the molecule is CC(=O)OC(=O)O.[LiH].[LiH]. The predicted octanol–water partition coefficient (Wildman–Crippen LogP) is -1.07. The van der Waals surface area contributed by atoms with E-state index in [0.717, 1.165) is 6.92 Å². The molecule has 0 unspecified atom stereocenters. The zero-order chi connectivity index (χ0) is 5.86. The van der Waals surface area contributed by atoms with Gasteiger partial charge in [0.25, 0.3) is 0 Å². The number of ether oxygens (including phenoxy) is 1. The van der Waals surface area contributed by atoms with Crippen molar-refractivity contribution in [2.75, 3.05) is 0 Å². The molecule has 0 aliphatic heterocycles. The number of esters is 1. The molecule has 0 rings (SSSR count). The van der Waals surface area contributed by atoms with E-state index in [0.29, 0.717) is 0 Å². The second-order valence-corrected chi connectivity index (χ2v) is 0.860. The van der Waals surface area contributed by atoms with Crippen molar-refractivity contribution in [3.8, 4) is 0 Å². The summed E-state index contributed by atoms with van der Waals surface area (Å²) in [5.41, 5.74) is 0. The first-order chi connectivity index (χ1) is 3.13. The van der Waals surface area contributed by atoms with E-state index in [4.69, 9.17) is 5.11 Å². The Morgan fingerprint density at radius 2 is 1.67 bits per heavy atom. The third-order valence-corrected chi connectivity index (χ3v) is 0.231. The normalized spacial score (nSPS) is 5.89. The molecule has 0 amide bonds. The second-order valence-electron chi connectivity index (χ2n) is 0.860. The molecular formula is C3H6Li2O4. The van der Waals surface area contributed by atoms with Crippen LogP contribution in [0.2, 0.25) is 0 Å². The quantitative estimate of drug-likeness (QED) is 0.251. The molecule has 0 aromatic carbocycles. The molecule has 6 heteroatoms. The van der Waals surface area contributed by atoms with Gasteiger partial charge in [0, 0.05) is 6.92 Å². The Labute approximate surface area is 76.3 Å². The molecule has 0 radical (unpaired) electrons. The van der Waals surface area contributed by atoms with Gasteiger partial charge in [-0.3, -0.25) is 4.79 Å². The van der Waals surface area contributed by atoms with Gasteiger partial charge in [0.05, 0.1) is 0 Å². The van der Waals surface area contributed by atoms with Crippen LogP contribution >= 0.6 is 0 Å². The zero-order valence-electron chi connectivity index (χ0n) is 3.67. The topological polar surface area (TPSA) is 63.6 Å². The van der Waals surface area contributed by atoms with Crippen molar-refractivity contribution in [3.05, 3.63) is 0 Å². The van der Waals surface area contributed by atoms with Gasteiger partial charge in [-0.25, -0.2) is 4.79 Å². The first kappa shape index (κ1) is 16.1. The Balaban J connectivity index is -0.000000180. The van der Waals surface area contributed by atoms with Crippen LogP contribution in [-0.4, -0.2) is 55.0 Å². The van der Waals surface area contributed by atoms with E-state index in [1.807, 2.05) is 0 Å². The monoisotopic (exact) mass is 120 g/mol. The molecule has 0 aliphatic carbocycles. The number of hydrogen-bond donors (Lipinski definition) is 1. The number of carboxylic acid groups (broad SMARTS) is 1. The van der Waals surface area contributed by atoms with Crippen molar-refractivity contribution in [2.45, 2.75) is 6.92 Å². The molecule has 1 N–H and O–H groups in total. The predicted molar refractivity (Wildman–Crippen MR) is 34.1 cm³/mol. The minimum atomic E-state index is -1.56. The van der Waals surface area contributed by atoms with Crippen LogP contribution in [0.25, 0.3) is 0 Å². The summed E-state index contributed by atoms with van der Waals surface area (Å²) in [6.07, 6.45) is -1.56. The Hall–Kier alpha value is 0.135. The number of carbonyl (C=O) groups is 2. The van der Waals surface area contributed by atoms with E-state index < -0.39 is 12.1 Å². The molecule has 0 saturated carbocycles. The van der Waals surface area contributed by atoms with Gasteiger partial charge in [0.15, 0.2) is 0 Å². The fraction of sp³-hybridized carbons (Fsp3) is 0.333. The summed E-state index contributed by atoms with van der Waals surface area (Å²) >= 11 is 0. The van der Waals surface area contributed by atoms with Crippen molar-refractivity contribution in [1.29, 1.82) is 0 Å². The van der Waals surface area contributed by atoms with E-state index in [9.17, 15) is 9.59 Å². The maximum atomic E-state index is 9.65. The molecule has 0 spiro atoms. The zero-order valence-corrected chi connectivity index (χ0v) is 3.67. The summed E-state index contributed by atoms with van der Waals surface area (Å²) in [5, 5.41) is 7.64. The average Bonchev–Trinajstić information content (AvgIpc) is 1.27. The van der Waals surface area contributed by atoms with Crippen molar-refractivity contribution in [2.24, 2.45) is 0 Å². The van der Waals surface area contributed by atoms with Crippen molar-refractivity contribution >= 4 is 49.8 Å². The average molecular weight is 120 g/mol. The van der Waals surface area contributed by atoms with Gasteiger partial charge < -0.3 is 9.84 Å². The van der Waals surface area contributed by atoms with Crippen LogP contribution in [0.1, 0.15) is 6.92 Å². The molecule has 0 bridgehead atoms. The van der Waals surface area contributed by atoms with Gasteiger partial charge in [-0.05, 0) is 0 Å². The molecule has 0 fully saturated rings. The third-order valence-electron chi connectivity index (χ3n) is 0.231. The fourth-order valence-electron chi connectivity index (χ4n) is 0.123. The molecule has 4 nitrogen and oxygen atoms in total. The summed E-state index contributed by atoms with van der Waals surface area (Å²) in [6.45, 7) is 1.02. The van der Waals surface area contributed by atoms with Gasteiger partial charge in [-0.2, -0.15) is 0 Å². The summed E-state index contributed by atoms with van der Waals surface area (Å²) in [7, 11) is 0. The Morgan fingerprint density at radius 1 is 1.33 bits per heavy atom. The summed E-state index contributed by atoms with van der Waals surface area (Å²) in [6, 6.07) is 0. The first-order valence-corrected chi connectivity index (χ1v) is 1.54. The van der Waals surface area contributed by atoms with Crippen LogP contribution < -0.4 is 0 Å². The van der Waals surface area contributed by atoms with Crippen LogP contribution in [0, 0.1) is 0 Å². The van der Waals surface area contributed by atoms with Crippen molar-refractivity contribution in [3.63, 3.8) is 0 Å². The molecule has 9 heavy (non-hydrogen) atoms. The fourth-order valence-corrected chi connectivity index (χ4v) is 0.123. The molecule has 0 aliphatic rings. The Bertz CT molecular complexity index is 90.0. The molecule has 0 heterocycles. The number of hydrogen-bond acceptors (Lipinski definition) is 3. The van der Waals surface area contributed by atoms with Gasteiger partial charge in [0.2, 0.25) is 0 Å². The van der Waals surface area contributed by atoms with E-state index in [2.05, 4.69) is 4.74 Å². The summed E-state index contributed by atoms with van der Waals surface area (Å²) in [5.74, 6) is -0.812. The van der Waals surface area contributed by atoms with E-state index in [1.165, 1.54) is 0 Å². The Morgan fingerprint density at radius 3 is 1.67 bits per heavy atom. The van der Waals surface area contributed by atoms with Crippen LogP contribution in [-0.2, 0) is 9.53 Å². The van der Waals surface area contributed by atoms with E-state index >= 15 is 0 Å². The molecule has 0 atom stereocenters. The van der Waals surface area contributed by atoms with Crippen LogP contribution in [0.3, 0.4) is 0 Å². The van der Waals surface area contributed by atoms with Gasteiger partial charge >= 0.3 is 49.8 Å². The van der Waals surface area contributed by atoms with Crippen LogP contribution in [0.15, 0.2) is 0 Å². The molecular weight excluding hydrogens is 114 g/mol. The van der Waals surface area contributed by atoms with E-state index in [-0.39, 0.29) is 37.7 Å². The molecule has 44 valence electrons. The van der Waals surface area contributed by atoms with Gasteiger partial charge in [-0.1, -0.05) is 0 Å².